The lowest BCUT2D eigenvalue weighted by Gasteiger charge is -2.17. The van der Waals surface area contributed by atoms with E-state index >= 15 is 0 Å². The average Bonchev–Trinajstić information content (AvgIpc) is 2.82. The van der Waals surface area contributed by atoms with E-state index in [1.165, 1.54) is 7.11 Å². The number of nitrogens with zero attached hydrogens (tertiary/aromatic N) is 1. The van der Waals surface area contributed by atoms with Crippen LogP contribution in [0.25, 0.3) is 0 Å². The van der Waals surface area contributed by atoms with Crippen molar-refractivity contribution in [1.29, 1.82) is 0 Å². The first kappa shape index (κ1) is 14.6. The zero-order valence-electron chi connectivity index (χ0n) is 12.5. The molecule has 20 heavy (non-hydrogen) atoms. The SMILES string of the molecule is COC(=O)C1CN(C(=O)c2cc(C)ccc2C)CC1C. The van der Waals surface area contributed by atoms with E-state index in [1.807, 2.05) is 39.0 Å². The average molecular weight is 275 g/mol. The maximum atomic E-state index is 12.6. The number of hydrogen-bond donors (Lipinski definition) is 0. The highest BCUT2D eigenvalue weighted by atomic mass is 16.5. The molecule has 2 unspecified atom stereocenters. The number of carbonyl (C=O) groups excluding carboxylic acids is 2. The summed E-state index contributed by atoms with van der Waals surface area (Å²) in [7, 11) is 1.39. The lowest BCUT2D eigenvalue weighted by molar-refractivity contribution is -0.146. The van der Waals surface area contributed by atoms with Gasteiger partial charge in [-0.1, -0.05) is 24.6 Å². The van der Waals surface area contributed by atoms with Gasteiger partial charge in [-0.05, 0) is 31.4 Å². The number of rotatable bonds is 2. The van der Waals surface area contributed by atoms with Gasteiger partial charge in [-0.15, -0.1) is 0 Å². The third-order valence-corrected chi connectivity index (χ3v) is 4.03. The molecule has 1 aliphatic rings. The van der Waals surface area contributed by atoms with E-state index in [-0.39, 0.29) is 23.7 Å². The van der Waals surface area contributed by atoms with Crippen molar-refractivity contribution >= 4 is 11.9 Å². The second-order valence-electron chi connectivity index (χ2n) is 5.64. The molecule has 1 aliphatic heterocycles. The maximum absolute atomic E-state index is 12.6. The Bertz CT molecular complexity index is 539. The number of likely N-dealkylation sites (tertiary alicyclic amines) is 1. The molecule has 1 fully saturated rings. The summed E-state index contributed by atoms with van der Waals surface area (Å²) in [4.78, 5) is 26.0. The zero-order chi connectivity index (χ0) is 14.9. The Morgan fingerprint density at radius 3 is 2.60 bits per heavy atom. The fraction of sp³-hybridized carbons (Fsp3) is 0.500. The molecule has 1 heterocycles. The van der Waals surface area contributed by atoms with Crippen molar-refractivity contribution in [2.75, 3.05) is 20.2 Å². The Balaban J connectivity index is 2.19. The van der Waals surface area contributed by atoms with Crippen LogP contribution in [0.1, 0.15) is 28.4 Å². The van der Waals surface area contributed by atoms with Crippen LogP contribution in [-0.4, -0.2) is 37.0 Å². The molecule has 2 atom stereocenters. The predicted octanol–water partition coefficient (Wildman–Crippen LogP) is 2.18. The van der Waals surface area contributed by atoms with Crippen molar-refractivity contribution in [3.63, 3.8) is 0 Å². The van der Waals surface area contributed by atoms with Crippen molar-refractivity contribution in [3.8, 4) is 0 Å². The Kier molecular flexibility index (Phi) is 4.12. The van der Waals surface area contributed by atoms with Crippen LogP contribution in [0.3, 0.4) is 0 Å². The largest absolute Gasteiger partial charge is 0.469 e. The van der Waals surface area contributed by atoms with Gasteiger partial charge in [0, 0.05) is 18.7 Å². The molecule has 1 aromatic carbocycles. The van der Waals surface area contributed by atoms with Crippen molar-refractivity contribution < 1.29 is 14.3 Å². The highest BCUT2D eigenvalue weighted by molar-refractivity contribution is 5.96. The summed E-state index contributed by atoms with van der Waals surface area (Å²) < 4.78 is 4.80. The third kappa shape index (κ3) is 2.69. The van der Waals surface area contributed by atoms with E-state index in [2.05, 4.69) is 0 Å². The molecule has 4 nitrogen and oxygen atoms in total. The highest BCUT2D eigenvalue weighted by Crippen LogP contribution is 2.26. The van der Waals surface area contributed by atoms with Gasteiger partial charge in [-0.3, -0.25) is 9.59 Å². The second kappa shape index (κ2) is 5.65. The summed E-state index contributed by atoms with van der Waals surface area (Å²) in [5.74, 6) is -0.302. The summed E-state index contributed by atoms with van der Waals surface area (Å²) in [5, 5.41) is 0. The fourth-order valence-corrected chi connectivity index (χ4v) is 2.73. The summed E-state index contributed by atoms with van der Waals surface area (Å²) in [6.45, 7) is 6.94. The van der Waals surface area contributed by atoms with Gasteiger partial charge in [0.05, 0.1) is 13.0 Å². The molecule has 1 amide bonds. The molecule has 0 bridgehead atoms. The van der Waals surface area contributed by atoms with Gasteiger partial charge in [-0.2, -0.15) is 0 Å². The minimum atomic E-state index is -0.228. The molecular formula is C16H21NO3. The first-order chi connectivity index (χ1) is 9.43. The molecular weight excluding hydrogens is 254 g/mol. The van der Waals surface area contributed by atoms with Crippen LogP contribution < -0.4 is 0 Å². The van der Waals surface area contributed by atoms with E-state index in [1.54, 1.807) is 4.90 Å². The van der Waals surface area contributed by atoms with Gasteiger partial charge in [-0.25, -0.2) is 0 Å². The number of amides is 1. The van der Waals surface area contributed by atoms with E-state index in [4.69, 9.17) is 4.74 Å². The predicted molar refractivity (Wildman–Crippen MR) is 76.5 cm³/mol. The summed E-state index contributed by atoms with van der Waals surface area (Å²) in [6.07, 6.45) is 0. The first-order valence-corrected chi connectivity index (χ1v) is 6.88. The molecule has 0 saturated carbocycles. The standard InChI is InChI=1S/C16H21NO3/c1-10-5-6-11(2)13(7-10)15(18)17-8-12(3)14(9-17)16(19)20-4/h5-7,12,14H,8-9H2,1-4H3. The van der Waals surface area contributed by atoms with Gasteiger partial charge >= 0.3 is 5.97 Å². The Morgan fingerprint density at radius 1 is 1.25 bits per heavy atom. The normalized spacial score (nSPS) is 21.9. The van der Waals surface area contributed by atoms with Crippen LogP contribution in [0.4, 0.5) is 0 Å². The number of methoxy groups -OCH3 is 1. The summed E-state index contributed by atoms with van der Waals surface area (Å²) >= 11 is 0. The highest BCUT2D eigenvalue weighted by Gasteiger charge is 2.38. The molecule has 0 spiro atoms. The number of carbonyl (C=O) groups is 2. The molecule has 1 saturated heterocycles. The smallest absolute Gasteiger partial charge is 0.310 e. The van der Waals surface area contributed by atoms with Crippen LogP contribution in [0, 0.1) is 25.7 Å². The number of hydrogen-bond acceptors (Lipinski definition) is 3. The van der Waals surface area contributed by atoms with Gasteiger partial charge in [0.1, 0.15) is 0 Å². The lowest BCUT2D eigenvalue weighted by Crippen LogP contribution is -2.30. The number of aryl methyl sites for hydroxylation is 2. The molecule has 0 aliphatic carbocycles. The molecule has 108 valence electrons. The topological polar surface area (TPSA) is 46.6 Å². The van der Waals surface area contributed by atoms with Crippen LogP contribution >= 0.6 is 0 Å². The first-order valence-electron chi connectivity index (χ1n) is 6.88. The van der Waals surface area contributed by atoms with Crippen molar-refractivity contribution in [1.82, 2.24) is 4.90 Å². The summed E-state index contributed by atoms with van der Waals surface area (Å²) in [6, 6.07) is 5.86. The van der Waals surface area contributed by atoms with Crippen LogP contribution in [0.2, 0.25) is 0 Å². The van der Waals surface area contributed by atoms with Crippen molar-refractivity contribution in [2.24, 2.45) is 11.8 Å². The second-order valence-corrected chi connectivity index (χ2v) is 5.64. The fourth-order valence-electron chi connectivity index (χ4n) is 2.73. The molecule has 4 heteroatoms. The van der Waals surface area contributed by atoms with Gasteiger partial charge in [0.15, 0.2) is 0 Å². The van der Waals surface area contributed by atoms with Crippen molar-refractivity contribution in [2.45, 2.75) is 20.8 Å². The lowest BCUT2D eigenvalue weighted by atomic mass is 9.99. The number of benzene rings is 1. The number of ether oxygens (including phenoxy) is 1. The molecule has 0 N–H and O–H groups in total. The zero-order valence-corrected chi connectivity index (χ0v) is 12.5. The van der Waals surface area contributed by atoms with Crippen molar-refractivity contribution in [3.05, 3.63) is 34.9 Å². The molecule has 2 rings (SSSR count). The minimum absolute atomic E-state index is 0.00412. The monoisotopic (exact) mass is 275 g/mol. The van der Waals surface area contributed by atoms with Gasteiger partial charge in [0.2, 0.25) is 0 Å². The quantitative estimate of drug-likeness (QED) is 0.777. The van der Waals surface area contributed by atoms with E-state index < -0.39 is 0 Å². The summed E-state index contributed by atoms with van der Waals surface area (Å²) in [5.41, 5.74) is 2.76. The van der Waals surface area contributed by atoms with Gasteiger partial charge < -0.3 is 9.64 Å². The Morgan fingerprint density at radius 2 is 1.95 bits per heavy atom. The third-order valence-electron chi connectivity index (χ3n) is 4.03. The van der Waals surface area contributed by atoms with E-state index in [9.17, 15) is 9.59 Å². The molecule has 0 radical (unpaired) electrons. The van der Waals surface area contributed by atoms with Crippen LogP contribution in [0.5, 0.6) is 0 Å². The minimum Gasteiger partial charge on any atom is -0.469 e. The van der Waals surface area contributed by atoms with Crippen LogP contribution in [0.15, 0.2) is 18.2 Å². The van der Waals surface area contributed by atoms with Gasteiger partial charge in [0.25, 0.3) is 5.91 Å². The maximum Gasteiger partial charge on any atom is 0.310 e. The van der Waals surface area contributed by atoms with Crippen LogP contribution in [-0.2, 0) is 9.53 Å². The molecule has 0 aromatic heterocycles. The number of esters is 1. The Labute approximate surface area is 119 Å². The van der Waals surface area contributed by atoms with E-state index in [0.717, 1.165) is 16.7 Å². The Hall–Kier alpha value is -1.84. The van der Waals surface area contributed by atoms with E-state index in [0.29, 0.717) is 13.1 Å². The molecule has 1 aromatic rings.